The number of nitrogens with one attached hydrogen (secondary N) is 2. The minimum absolute atomic E-state index is 0.00704. The number of hydrogen-bond donors (Lipinski definition) is 3. The number of thiophene rings is 1. The van der Waals surface area contributed by atoms with Crippen molar-refractivity contribution in [3.63, 3.8) is 0 Å². The molecule has 0 aliphatic heterocycles. The second-order valence-electron chi connectivity index (χ2n) is 6.31. The van der Waals surface area contributed by atoms with Crippen LogP contribution >= 0.6 is 23.6 Å². The summed E-state index contributed by atoms with van der Waals surface area (Å²) in [6.07, 6.45) is 2.68. The largest absolute Gasteiger partial charge is 0.365 e. The summed E-state index contributed by atoms with van der Waals surface area (Å²) in [5.74, 6) is -1.27. The van der Waals surface area contributed by atoms with Crippen LogP contribution < -0.4 is 16.4 Å². The summed E-state index contributed by atoms with van der Waals surface area (Å²) in [7, 11) is 0. The van der Waals surface area contributed by atoms with E-state index in [-0.39, 0.29) is 10.7 Å². The van der Waals surface area contributed by atoms with Crippen molar-refractivity contribution >= 4 is 45.5 Å². The van der Waals surface area contributed by atoms with Crippen LogP contribution in [0.4, 0.5) is 9.39 Å². The number of benzene rings is 1. The first kappa shape index (κ1) is 18.5. The summed E-state index contributed by atoms with van der Waals surface area (Å²) in [6, 6.07) is 5.63. The van der Waals surface area contributed by atoms with Crippen molar-refractivity contribution in [1.29, 1.82) is 0 Å². The molecule has 1 aromatic carbocycles. The van der Waals surface area contributed by atoms with Crippen molar-refractivity contribution in [2.75, 3.05) is 5.32 Å². The number of carbonyl (C=O) groups excluding carboxylic acids is 2. The van der Waals surface area contributed by atoms with Crippen molar-refractivity contribution in [1.82, 2.24) is 5.32 Å². The maximum absolute atomic E-state index is 13.7. The Morgan fingerprint density at radius 1 is 1.35 bits per heavy atom. The fraction of sp³-hybridized carbons (Fsp3) is 0.278. The van der Waals surface area contributed by atoms with Gasteiger partial charge in [0.25, 0.3) is 11.8 Å². The Morgan fingerprint density at radius 3 is 2.77 bits per heavy atom. The molecule has 0 unspecified atom stereocenters. The van der Waals surface area contributed by atoms with Crippen molar-refractivity contribution in [3.8, 4) is 0 Å². The molecule has 136 valence electrons. The van der Waals surface area contributed by atoms with Crippen LogP contribution in [0.15, 0.2) is 24.3 Å². The number of primary amides is 1. The van der Waals surface area contributed by atoms with Gasteiger partial charge in [-0.3, -0.25) is 14.9 Å². The molecule has 1 heterocycles. The molecule has 0 saturated heterocycles. The van der Waals surface area contributed by atoms with E-state index in [1.165, 1.54) is 29.5 Å². The Labute approximate surface area is 159 Å². The van der Waals surface area contributed by atoms with E-state index in [1.807, 2.05) is 0 Å². The van der Waals surface area contributed by atoms with Gasteiger partial charge in [0.2, 0.25) is 0 Å². The zero-order valence-electron chi connectivity index (χ0n) is 14.1. The van der Waals surface area contributed by atoms with E-state index < -0.39 is 17.6 Å². The van der Waals surface area contributed by atoms with Gasteiger partial charge >= 0.3 is 0 Å². The van der Waals surface area contributed by atoms with E-state index in [4.69, 9.17) is 18.0 Å². The van der Waals surface area contributed by atoms with Gasteiger partial charge in [0.05, 0.1) is 11.1 Å². The number of rotatable bonds is 3. The highest BCUT2D eigenvalue weighted by atomic mass is 32.1. The molecule has 2 aromatic rings. The third-order valence-electron chi connectivity index (χ3n) is 4.33. The third-order valence-corrected chi connectivity index (χ3v) is 5.70. The molecular formula is C18H18FN3O2S2. The Kier molecular flexibility index (Phi) is 5.33. The van der Waals surface area contributed by atoms with Crippen LogP contribution in [-0.2, 0) is 12.8 Å². The Balaban J connectivity index is 1.78. The van der Waals surface area contributed by atoms with Crippen molar-refractivity contribution in [3.05, 3.63) is 51.7 Å². The first-order valence-electron chi connectivity index (χ1n) is 8.18. The van der Waals surface area contributed by atoms with Crippen molar-refractivity contribution < 1.29 is 14.0 Å². The molecule has 1 aliphatic carbocycles. The fourth-order valence-electron chi connectivity index (χ4n) is 3.05. The highest BCUT2D eigenvalue weighted by molar-refractivity contribution is 7.80. The molecular weight excluding hydrogens is 373 g/mol. The third kappa shape index (κ3) is 3.76. The average Bonchev–Trinajstić information content (AvgIpc) is 2.91. The minimum Gasteiger partial charge on any atom is -0.365 e. The monoisotopic (exact) mass is 391 g/mol. The summed E-state index contributed by atoms with van der Waals surface area (Å²) < 4.78 is 13.7. The topological polar surface area (TPSA) is 84.2 Å². The summed E-state index contributed by atoms with van der Waals surface area (Å²) >= 11 is 6.58. The zero-order chi connectivity index (χ0) is 18.8. The van der Waals surface area contributed by atoms with Gasteiger partial charge < -0.3 is 11.1 Å². The Morgan fingerprint density at radius 2 is 2.08 bits per heavy atom. The molecule has 0 spiro atoms. The van der Waals surface area contributed by atoms with E-state index in [0.29, 0.717) is 16.5 Å². The molecule has 0 fully saturated rings. The highest BCUT2D eigenvalue weighted by Crippen LogP contribution is 2.39. The molecule has 0 radical (unpaired) electrons. The molecule has 1 aliphatic rings. The number of nitrogens with two attached hydrogens (primary N) is 1. The fourth-order valence-corrected chi connectivity index (χ4v) is 4.73. The normalized spacial score (nSPS) is 15.8. The van der Waals surface area contributed by atoms with Gasteiger partial charge in [0.15, 0.2) is 5.11 Å². The number of thiocarbonyl (C=S) groups is 1. The molecule has 1 aromatic heterocycles. The number of amides is 2. The molecule has 5 nitrogen and oxygen atoms in total. The van der Waals surface area contributed by atoms with E-state index in [1.54, 1.807) is 6.07 Å². The first-order valence-corrected chi connectivity index (χ1v) is 9.40. The average molecular weight is 391 g/mol. The van der Waals surface area contributed by atoms with Gasteiger partial charge in [-0.2, -0.15) is 0 Å². The van der Waals surface area contributed by atoms with Crippen molar-refractivity contribution in [2.45, 2.75) is 26.2 Å². The predicted octanol–water partition coefficient (Wildman–Crippen LogP) is 3.24. The van der Waals surface area contributed by atoms with Crippen molar-refractivity contribution in [2.24, 2.45) is 11.7 Å². The van der Waals surface area contributed by atoms with Crippen LogP contribution in [-0.4, -0.2) is 16.9 Å². The maximum atomic E-state index is 13.7. The van der Waals surface area contributed by atoms with E-state index >= 15 is 0 Å². The van der Waals surface area contributed by atoms with Gasteiger partial charge in [0, 0.05) is 4.88 Å². The van der Waals surface area contributed by atoms with Crippen LogP contribution in [0.1, 0.15) is 44.5 Å². The predicted molar refractivity (Wildman–Crippen MR) is 104 cm³/mol. The Hall–Kier alpha value is -2.32. The molecule has 0 saturated carbocycles. The number of fused-ring (bicyclic) bond motifs is 1. The SMILES string of the molecule is C[C@@H]1CCc2c(sc(NC(=S)NC(=O)c3ccccc3F)c2C(N)=O)C1. The first-order chi connectivity index (χ1) is 12.4. The van der Waals surface area contributed by atoms with Crippen LogP contribution in [0, 0.1) is 11.7 Å². The lowest BCUT2D eigenvalue weighted by Crippen LogP contribution is -2.34. The van der Waals surface area contributed by atoms with Gasteiger partial charge in [-0.05, 0) is 55.1 Å². The number of anilines is 1. The second-order valence-corrected chi connectivity index (χ2v) is 7.82. The summed E-state index contributed by atoms with van der Waals surface area (Å²) in [6.45, 7) is 2.17. The lowest BCUT2D eigenvalue weighted by Gasteiger charge is -2.18. The number of hydrogen-bond acceptors (Lipinski definition) is 4. The van der Waals surface area contributed by atoms with Gasteiger partial charge in [-0.1, -0.05) is 19.1 Å². The maximum Gasteiger partial charge on any atom is 0.260 e. The van der Waals surface area contributed by atoms with Crippen LogP contribution in [0.25, 0.3) is 0 Å². The quantitative estimate of drug-likeness (QED) is 0.702. The highest BCUT2D eigenvalue weighted by Gasteiger charge is 2.27. The van der Waals surface area contributed by atoms with Gasteiger partial charge in [-0.25, -0.2) is 4.39 Å². The molecule has 0 bridgehead atoms. The van der Waals surface area contributed by atoms with Crippen LogP contribution in [0.3, 0.4) is 0 Å². The zero-order valence-corrected chi connectivity index (χ0v) is 15.7. The lowest BCUT2D eigenvalue weighted by molar-refractivity contribution is 0.0971. The summed E-state index contributed by atoms with van der Waals surface area (Å²) in [4.78, 5) is 25.2. The van der Waals surface area contributed by atoms with Crippen LogP contribution in [0.2, 0.25) is 0 Å². The minimum atomic E-state index is -0.656. The standard InChI is InChI=1S/C18H18FN3O2S2/c1-9-6-7-11-13(8-9)26-17(14(11)15(20)23)22-18(25)21-16(24)10-4-2-3-5-12(10)19/h2-5,9H,6-8H2,1H3,(H2,20,23)(H2,21,22,24,25)/t9-/m1/s1. The molecule has 26 heavy (non-hydrogen) atoms. The second kappa shape index (κ2) is 7.51. The molecule has 3 rings (SSSR count). The molecule has 4 N–H and O–H groups in total. The number of carbonyl (C=O) groups is 2. The number of halogens is 1. The van der Waals surface area contributed by atoms with Crippen LogP contribution in [0.5, 0.6) is 0 Å². The smallest absolute Gasteiger partial charge is 0.260 e. The lowest BCUT2D eigenvalue weighted by atomic mass is 9.88. The summed E-state index contributed by atoms with van der Waals surface area (Å²) in [5, 5.41) is 5.83. The Bertz CT molecular complexity index is 895. The van der Waals surface area contributed by atoms with Gasteiger partial charge in [-0.15, -0.1) is 11.3 Å². The van der Waals surface area contributed by atoms with E-state index in [2.05, 4.69) is 17.6 Å². The van der Waals surface area contributed by atoms with E-state index in [0.717, 1.165) is 29.7 Å². The molecule has 8 heteroatoms. The molecule has 1 atom stereocenters. The van der Waals surface area contributed by atoms with E-state index in [9.17, 15) is 14.0 Å². The summed E-state index contributed by atoms with van der Waals surface area (Å²) in [5.41, 5.74) is 6.84. The van der Waals surface area contributed by atoms with Gasteiger partial charge in [0.1, 0.15) is 10.8 Å². The molecule has 2 amide bonds.